The molecule has 0 aromatic rings. The van der Waals surface area contributed by atoms with Gasteiger partial charge in [0.05, 0.1) is 19.8 Å². The van der Waals surface area contributed by atoms with Crippen LogP contribution in [0.4, 0.5) is 0 Å². The molecule has 0 unspecified atom stereocenters. The minimum atomic E-state index is -0.186. The van der Waals surface area contributed by atoms with E-state index in [4.69, 9.17) is 19.3 Å². The first-order chi connectivity index (χ1) is 6.86. The Bertz CT molecular complexity index is 140. The molecule has 0 bridgehead atoms. The van der Waals surface area contributed by atoms with E-state index in [9.17, 15) is 0 Å². The monoisotopic (exact) mass is 204 g/mol. The Balaban J connectivity index is 1.92. The SMILES string of the molecule is CCCCOCC[C@H]1OC[C@@H](CO)O1. The molecule has 1 N–H and O–H groups in total. The maximum atomic E-state index is 8.79. The summed E-state index contributed by atoms with van der Waals surface area (Å²) in [6.07, 6.45) is 2.68. The van der Waals surface area contributed by atoms with Gasteiger partial charge in [0.15, 0.2) is 6.29 Å². The molecule has 0 radical (unpaired) electrons. The van der Waals surface area contributed by atoms with Crippen LogP contribution in [0, 0.1) is 0 Å². The number of rotatable bonds is 7. The van der Waals surface area contributed by atoms with Crippen molar-refractivity contribution in [3.8, 4) is 0 Å². The fourth-order valence-electron chi connectivity index (χ4n) is 1.28. The zero-order chi connectivity index (χ0) is 10.2. The Morgan fingerprint density at radius 3 is 2.93 bits per heavy atom. The molecule has 4 nitrogen and oxygen atoms in total. The first kappa shape index (κ1) is 11.9. The van der Waals surface area contributed by atoms with E-state index in [1.165, 1.54) is 0 Å². The zero-order valence-electron chi connectivity index (χ0n) is 8.78. The fourth-order valence-corrected chi connectivity index (χ4v) is 1.28. The lowest BCUT2D eigenvalue weighted by Gasteiger charge is -2.10. The van der Waals surface area contributed by atoms with E-state index in [1.807, 2.05) is 0 Å². The lowest BCUT2D eigenvalue weighted by molar-refractivity contribution is -0.0810. The first-order valence-corrected chi connectivity index (χ1v) is 5.32. The van der Waals surface area contributed by atoms with Crippen molar-refractivity contribution < 1.29 is 19.3 Å². The second kappa shape index (κ2) is 7.17. The molecule has 1 saturated heterocycles. The normalized spacial score (nSPS) is 27.0. The Morgan fingerprint density at radius 2 is 2.29 bits per heavy atom. The van der Waals surface area contributed by atoms with Crippen molar-refractivity contribution in [2.75, 3.05) is 26.4 Å². The molecule has 14 heavy (non-hydrogen) atoms. The van der Waals surface area contributed by atoms with Crippen molar-refractivity contribution in [1.82, 2.24) is 0 Å². The van der Waals surface area contributed by atoms with Crippen LogP contribution in [0.25, 0.3) is 0 Å². The zero-order valence-corrected chi connectivity index (χ0v) is 8.78. The van der Waals surface area contributed by atoms with Crippen LogP contribution in [0.1, 0.15) is 26.2 Å². The van der Waals surface area contributed by atoms with E-state index >= 15 is 0 Å². The Morgan fingerprint density at radius 1 is 1.43 bits per heavy atom. The molecule has 0 aliphatic carbocycles. The highest BCUT2D eigenvalue weighted by molar-refractivity contribution is 4.63. The highest BCUT2D eigenvalue weighted by Crippen LogP contribution is 2.13. The third-order valence-corrected chi connectivity index (χ3v) is 2.16. The van der Waals surface area contributed by atoms with Crippen molar-refractivity contribution in [2.45, 2.75) is 38.6 Å². The Hall–Kier alpha value is -0.160. The average molecular weight is 204 g/mol. The summed E-state index contributed by atoms with van der Waals surface area (Å²) < 4.78 is 16.0. The average Bonchev–Trinajstić information content (AvgIpc) is 2.65. The second-order valence-electron chi connectivity index (χ2n) is 3.46. The van der Waals surface area contributed by atoms with Gasteiger partial charge in [-0.1, -0.05) is 13.3 Å². The van der Waals surface area contributed by atoms with Gasteiger partial charge in [-0.2, -0.15) is 0 Å². The van der Waals surface area contributed by atoms with Gasteiger partial charge in [-0.05, 0) is 6.42 Å². The molecule has 0 amide bonds. The van der Waals surface area contributed by atoms with Crippen molar-refractivity contribution in [1.29, 1.82) is 0 Å². The van der Waals surface area contributed by atoms with E-state index in [1.54, 1.807) is 0 Å². The largest absolute Gasteiger partial charge is 0.394 e. The van der Waals surface area contributed by atoms with Gasteiger partial charge in [0.25, 0.3) is 0 Å². The van der Waals surface area contributed by atoms with Gasteiger partial charge in [0.2, 0.25) is 0 Å². The van der Waals surface area contributed by atoms with Crippen LogP contribution < -0.4 is 0 Å². The third-order valence-electron chi connectivity index (χ3n) is 2.16. The molecule has 0 aromatic heterocycles. The number of aliphatic hydroxyl groups excluding tert-OH is 1. The third kappa shape index (κ3) is 4.37. The molecule has 1 aliphatic rings. The molecule has 0 spiro atoms. The maximum Gasteiger partial charge on any atom is 0.160 e. The predicted octanol–water partition coefficient (Wildman–Crippen LogP) is 0.927. The molecule has 1 aliphatic heterocycles. The summed E-state index contributed by atoms with van der Waals surface area (Å²) in [7, 11) is 0. The van der Waals surface area contributed by atoms with Crippen LogP contribution >= 0.6 is 0 Å². The summed E-state index contributed by atoms with van der Waals surface area (Å²) in [5, 5.41) is 8.79. The molecule has 4 heteroatoms. The van der Waals surface area contributed by atoms with Crippen LogP contribution in [-0.4, -0.2) is 43.9 Å². The van der Waals surface area contributed by atoms with Gasteiger partial charge in [-0.15, -0.1) is 0 Å². The van der Waals surface area contributed by atoms with Gasteiger partial charge in [0, 0.05) is 13.0 Å². The van der Waals surface area contributed by atoms with Crippen LogP contribution in [0.3, 0.4) is 0 Å². The fraction of sp³-hybridized carbons (Fsp3) is 1.00. The number of hydrogen-bond donors (Lipinski definition) is 1. The van der Waals surface area contributed by atoms with Gasteiger partial charge in [0.1, 0.15) is 6.10 Å². The van der Waals surface area contributed by atoms with Gasteiger partial charge in [-0.25, -0.2) is 0 Å². The van der Waals surface area contributed by atoms with Gasteiger partial charge < -0.3 is 19.3 Å². The molecular weight excluding hydrogens is 184 g/mol. The molecule has 0 saturated carbocycles. The van der Waals surface area contributed by atoms with E-state index in [0.29, 0.717) is 13.2 Å². The number of ether oxygens (including phenoxy) is 3. The summed E-state index contributed by atoms with van der Waals surface area (Å²) in [6.45, 7) is 4.15. The van der Waals surface area contributed by atoms with Crippen molar-refractivity contribution >= 4 is 0 Å². The summed E-state index contributed by atoms with van der Waals surface area (Å²) in [4.78, 5) is 0. The second-order valence-corrected chi connectivity index (χ2v) is 3.46. The maximum absolute atomic E-state index is 8.79. The van der Waals surface area contributed by atoms with E-state index in [-0.39, 0.29) is 19.0 Å². The van der Waals surface area contributed by atoms with E-state index < -0.39 is 0 Å². The van der Waals surface area contributed by atoms with E-state index in [2.05, 4.69) is 6.92 Å². The molecule has 0 aromatic carbocycles. The topological polar surface area (TPSA) is 47.9 Å². The summed E-state index contributed by atoms with van der Waals surface area (Å²) in [5.41, 5.74) is 0. The quantitative estimate of drug-likeness (QED) is 0.627. The molecule has 84 valence electrons. The minimum absolute atomic E-state index is 0.0349. The highest BCUT2D eigenvalue weighted by Gasteiger charge is 2.24. The van der Waals surface area contributed by atoms with Crippen molar-refractivity contribution in [3.05, 3.63) is 0 Å². The molecular formula is C10H20O4. The predicted molar refractivity (Wildman–Crippen MR) is 52.0 cm³/mol. The van der Waals surface area contributed by atoms with Crippen LogP contribution in [0.2, 0.25) is 0 Å². The van der Waals surface area contributed by atoms with Crippen molar-refractivity contribution in [3.63, 3.8) is 0 Å². The van der Waals surface area contributed by atoms with E-state index in [0.717, 1.165) is 25.9 Å². The Labute approximate surface area is 85.2 Å². The summed E-state index contributed by atoms with van der Waals surface area (Å²) >= 11 is 0. The van der Waals surface area contributed by atoms with Crippen LogP contribution in [0.5, 0.6) is 0 Å². The minimum Gasteiger partial charge on any atom is -0.394 e. The summed E-state index contributed by atoms with van der Waals surface area (Å²) in [6, 6.07) is 0. The van der Waals surface area contributed by atoms with Gasteiger partial charge in [-0.3, -0.25) is 0 Å². The number of hydrogen-bond acceptors (Lipinski definition) is 4. The van der Waals surface area contributed by atoms with Gasteiger partial charge >= 0.3 is 0 Å². The standard InChI is InChI=1S/C10H20O4/c1-2-3-5-12-6-4-10-13-8-9(7-11)14-10/h9-11H,2-8H2,1H3/t9-,10+/m1/s1. The molecule has 1 fully saturated rings. The smallest absolute Gasteiger partial charge is 0.160 e. The summed E-state index contributed by atoms with van der Waals surface area (Å²) in [5.74, 6) is 0. The lowest BCUT2D eigenvalue weighted by Crippen LogP contribution is -2.17. The molecule has 2 atom stereocenters. The molecule has 1 heterocycles. The number of unbranched alkanes of at least 4 members (excludes halogenated alkanes) is 1. The lowest BCUT2D eigenvalue weighted by atomic mass is 10.3. The number of aliphatic hydroxyl groups is 1. The van der Waals surface area contributed by atoms with Crippen LogP contribution in [-0.2, 0) is 14.2 Å². The van der Waals surface area contributed by atoms with Crippen molar-refractivity contribution in [2.24, 2.45) is 0 Å². The molecule has 1 rings (SSSR count). The van der Waals surface area contributed by atoms with Crippen LogP contribution in [0.15, 0.2) is 0 Å². The Kier molecular flexibility index (Phi) is 6.10. The first-order valence-electron chi connectivity index (χ1n) is 5.32. The highest BCUT2D eigenvalue weighted by atomic mass is 16.7.